The molecular formula is C10H21NO4. The van der Waals surface area contributed by atoms with E-state index in [1.165, 1.54) is 12.0 Å². The molecule has 1 amide bonds. The van der Waals surface area contributed by atoms with E-state index in [1.54, 1.807) is 27.7 Å². The van der Waals surface area contributed by atoms with Gasteiger partial charge in [-0.2, -0.15) is 0 Å². The fourth-order valence-corrected chi connectivity index (χ4v) is 1.53. The number of aliphatic hydroxyl groups is 1. The van der Waals surface area contributed by atoms with Gasteiger partial charge in [-0.25, -0.2) is 4.79 Å². The molecule has 0 aliphatic heterocycles. The van der Waals surface area contributed by atoms with Crippen LogP contribution in [0.4, 0.5) is 4.79 Å². The fourth-order valence-electron chi connectivity index (χ4n) is 1.53. The lowest BCUT2D eigenvalue weighted by molar-refractivity contribution is -0.0187. The number of hydrogen-bond acceptors (Lipinski definition) is 3. The number of ether oxygens (including phenoxy) is 1. The van der Waals surface area contributed by atoms with E-state index in [0.717, 1.165) is 0 Å². The highest BCUT2D eigenvalue weighted by molar-refractivity contribution is 5.66. The number of methoxy groups -OCH3 is 1. The minimum atomic E-state index is -1.05. The molecule has 5 nitrogen and oxygen atoms in total. The SMILES string of the molecule is COC[C@H](C(C)O)N(C(=O)O)C(C)(C)C. The number of hydrogen-bond donors (Lipinski definition) is 2. The molecule has 5 heteroatoms. The molecule has 2 N–H and O–H groups in total. The van der Waals surface area contributed by atoms with Crippen molar-refractivity contribution in [1.82, 2.24) is 4.90 Å². The predicted octanol–water partition coefficient (Wildman–Crippen LogP) is 1.16. The minimum Gasteiger partial charge on any atom is -0.465 e. The van der Waals surface area contributed by atoms with Crippen molar-refractivity contribution in [2.24, 2.45) is 0 Å². The Kier molecular flexibility index (Phi) is 5.03. The monoisotopic (exact) mass is 219 g/mol. The lowest BCUT2D eigenvalue weighted by atomic mass is 10.0. The molecule has 0 heterocycles. The maximum Gasteiger partial charge on any atom is 0.408 e. The molecule has 2 atom stereocenters. The van der Waals surface area contributed by atoms with Crippen LogP contribution in [0.15, 0.2) is 0 Å². The lowest BCUT2D eigenvalue weighted by Gasteiger charge is -2.40. The molecule has 0 aromatic rings. The first-order chi connectivity index (χ1) is 6.71. The zero-order valence-electron chi connectivity index (χ0n) is 10.0. The van der Waals surface area contributed by atoms with Crippen molar-refractivity contribution in [2.45, 2.75) is 45.4 Å². The third-order valence-electron chi connectivity index (χ3n) is 2.15. The average Bonchev–Trinajstić information content (AvgIpc) is 1.99. The number of carbonyl (C=O) groups is 1. The Hall–Kier alpha value is -0.810. The summed E-state index contributed by atoms with van der Waals surface area (Å²) in [6.45, 7) is 7.09. The van der Waals surface area contributed by atoms with E-state index in [9.17, 15) is 9.90 Å². The van der Waals surface area contributed by atoms with Crippen molar-refractivity contribution in [3.8, 4) is 0 Å². The molecular weight excluding hydrogens is 198 g/mol. The molecule has 0 aliphatic carbocycles. The van der Waals surface area contributed by atoms with Gasteiger partial charge in [0.05, 0.1) is 18.8 Å². The van der Waals surface area contributed by atoms with Crippen molar-refractivity contribution < 1.29 is 19.7 Å². The van der Waals surface area contributed by atoms with Crippen LogP contribution in [-0.2, 0) is 4.74 Å². The molecule has 0 saturated carbocycles. The van der Waals surface area contributed by atoms with Gasteiger partial charge in [-0.05, 0) is 27.7 Å². The molecule has 90 valence electrons. The summed E-state index contributed by atoms with van der Waals surface area (Å²) in [5.41, 5.74) is -0.563. The van der Waals surface area contributed by atoms with E-state index in [2.05, 4.69) is 0 Å². The molecule has 0 aromatic carbocycles. The van der Waals surface area contributed by atoms with E-state index in [0.29, 0.717) is 0 Å². The molecule has 1 unspecified atom stereocenters. The zero-order chi connectivity index (χ0) is 12.2. The van der Waals surface area contributed by atoms with Crippen LogP contribution in [0.5, 0.6) is 0 Å². The Morgan fingerprint density at radius 3 is 2.13 bits per heavy atom. The van der Waals surface area contributed by atoms with Gasteiger partial charge in [-0.1, -0.05) is 0 Å². The molecule has 15 heavy (non-hydrogen) atoms. The van der Waals surface area contributed by atoms with Crippen molar-refractivity contribution in [3.05, 3.63) is 0 Å². The van der Waals surface area contributed by atoms with E-state index in [-0.39, 0.29) is 6.61 Å². The Morgan fingerprint density at radius 1 is 1.47 bits per heavy atom. The molecule has 0 bridgehead atoms. The largest absolute Gasteiger partial charge is 0.465 e. The highest BCUT2D eigenvalue weighted by Crippen LogP contribution is 2.19. The summed E-state index contributed by atoms with van der Waals surface area (Å²) in [6, 6.07) is -0.549. The van der Waals surface area contributed by atoms with E-state index in [4.69, 9.17) is 9.84 Å². The van der Waals surface area contributed by atoms with Crippen LogP contribution in [0.1, 0.15) is 27.7 Å². The van der Waals surface area contributed by atoms with Gasteiger partial charge in [-0.15, -0.1) is 0 Å². The van der Waals surface area contributed by atoms with E-state index in [1.807, 2.05) is 0 Å². The van der Waals surface area contributed by atoms with Gasteiger partial charge < -0.3 is 14.9 Å². The summed E-state index contributed by atoms with van der Waals surface area (Å²) >= 11 is 0. The van der Waals surface area contributed by atoms with Gasteiger partial charge in [0, 0.05) is 12.6 Å². The molecule has 0 spiro atoms. The lowest BCUT2D eigenvalue weighted by Crippen LogP contribution is -2.56. The Balaban J connectivity index is 4.93. The maximum atomic E-state index is 11.1. The number of nitrogens with zero attached hydrogens (tertiary/aromatic N) is 1. The number of carboxylic acid groups (broad SMARTS) is 1. The third-order valence-corrected chi connectivity index (χ3v) is 2.15. The second-order valence-electron chi connectivity index (χ2n) is 4.59. The van der Waals surface area contributed by atoms with Crippen LogP contribution < -0.4 is 0 Å². The summed E-state index contributed by atoms with van der Waals surface area (Å²) in [5, 5.41) is 18.7. The normalized spacial score (nSPS) is 15.9. The second-order valence-corrected chi connectivity index (χ2v) is 4.59. The van der Waals surface area contributed by atoms with Crippen molar-refractivity contribution in [1.29, 1.82) is 0 Å². The quantitative estimate of drug-likeness (QED) is 0.744. The Bertz CT molecular complexity index is 210. The van der Waals surface area contributed by atoms with E-state index < -0.39 is 23.8 Å². The van der Waals surface area contributed by atoms with Crippen LogP contribution in [0, 0.1) is 0 Å². The highest BCUT2D eigenvalue weighted by atomic mass is 16.5. The standard InChI is InChI=1S/C10H21NO4/c1-7(12)8(6-15-5)11(9(13)14)10(2,3)4/h7-8,12H,6H2,1-5H3,(H,13,14)/t7?,8-/m1/s1. The number of amides is 1. The summed E-state index contributed by atoms with van der Waals surface area (Å²) in [6.07, 6.45) is -1.81. The van der Waals surface area contributed by atoms with Gasteiger partial charge >= 0.3 is 6.09 Å². The smallest absolute Gasteiger partial charge is 0.408 e. The zero-order valence-corrected chi connectivity index (χ0v) is 10.0. The average molecular weight is 219 g/mol. The molecule has 0 fully saturated rings. The van der Waals surface area contributed by atoms with Gasteiger partial charge in [0.2, 0.25) is 0 Å². The van der Waals surface area contributed by atoms with Gasteiger partial charge in [0.15, 0.2) is 0 Å². The van der Waals surface area contributed by atoms with Gasteiger partial charge in [0.25, 0.3) is 0 Å². The van der Waals surface area contributed by atoms with Gasteiger partial charge in [0.1, 0.15) is 0 Å². The van der Waals surface area contributed by atoms with Crippen LogP contribution in [-0.4, -0.2) is 52.6 Å². The molecule has 0 saturated heterocycles. The van der Waals surface area contributed by atoms with Crippen LogP contribution >= 0.6 is 0 Å². The first kappa shape index (κ1) is 14.2. The van der Waals surface area contributed by atoms with Crippen molar-refractivity contribution in [3.63, 3.8) is 0 Å². The van der Waals surface area contributed by atoms with E-state index >= 15 is 0 Å². The molecule has 0 aromatic heterocycles. The second kappa shape index (κ2) is 5.32. The van der Waals surface area contributed by atoms with Gasteiger partial charge in [-0.3, -0.25) is 4.90 Å². The van der Waals surface area contributed by atoms with Crippen LogP contribution in [0.2, 0.25) is 0 Å². The molecule has 0 rings (SSSR count). The highest BCUT2D eigenvalue weighted by Gasteiger charge is 2.35. The van der Waals surface area contributed by atoms with Crippen molar-refractivity contribution >= 4 is 6.09 Å². The molecule has 0 radical (unpaired) electrons. The topological polar surface area (TPSA) is 70.0 Å². The summed E-state index contributed by atoms with van der Waals surface area (Å²) in [4.78, 5) is 12.3. The van der Waals surface area contributed by atoms with Crippen LogP contribution in [0.25, 0.3) is 0 Å². The first-order valence-corrected chi connectivity index (χ1v) is 4.91. The summed E-state index contributed by atoms with van der Waals surface area (Å²) < 4.78 is 4.93. The fraction of sp³-hybridized carbons (Fsp3) is 0.900. The summed E-state index contributed by atoms with van der Waals surface area (Å²) in [7, 11) is 1.48. The third kappa shape index (κ3) is 4.05. The Morgan fingerprint density at radius 2 is 1.93 bits per heavy atom. The molecule has 0 aliphatic rings. The summed E-state index contributed by atoms with van der Waals surface area (Å²) in [5.74, 6) is 0. The minimum absolute atomic E-state index is 0.182. The maximum absolute atomic E-state index is 11.1. The van der Waals surface area contributed by atoms with Crippen LogP contribution in [0.3, 0.4) is 0 Å². The predicted molar refractivity (Wildman–Crippen MR) is 57.0 cm³/mol. The number of rotatable bonds is 4. The number of aliphatic hydroxyl groups excluding tert-OH is 1. The first-order valence-electron chi connectivity index (χ1n) is 4.91. The van der Waals surface area contributed by atoms with Crippen molar-refractivity contribution in [2.75, 3.05) is 13.7 Å². The Labute approximate surface area is 90.6 Å².